The Labute approximate surface area is 225 Å². The zero-order chi connectivity index (χ0) is 27.4. The quantitative estimate of drug-likeness (QED) is 0.185. The molecule has 0 radical (unpaired) electrons. The number of carbonyl (C=O) groups is 3. The van der Waals surface area contributed by atoms with E-state index >= 15 is 0 Å². The summed E-state index contributed by atoms with van der Waals surface area (Å²) in [5, 5.41) is 11.6. The molecule has 1 unspecified atom stereocenters. The average molecular weight is 536 g/mol. The van der Waals surface area contributed by atoms with Gasteiger partial charge in [0, 0.05) is 11.8 Å². The van der Waals surface area contributed by atoms with Gasteiger partial charge in [-0.05, 0) is 36.2 Å². The van der Waals surface area contributed by atoms with Crippen molar-refractivity contribution < 1.29 is 33.7 Å². The first kappa shape index (κ1) is 26.8. The van der Waals surface area contributed by atoms with E-state index in [2.05, 4.69) is 0 Å². The van der Waals surface area contributed by atoms with Crippen molar-refractivity contribution in [2.75, 3.05) is 25.7 Å². The minimum Gasteiger partial charge on any atom is -0.507 e. The standard InChI is InChI=1S/C29H26ClNO7/c1-4-38-24(32)14-17-10-12-19(13-11-17)31-26(18-8-6-5-7-9-18)25(28(34)29(31)35)27(33)20-15-21(30)23(37-3)16-22(20)36-2/h5-13,15-16,26,33H,4,14H2,1-3H3/b27-25+. The van der Waals surface area contributed by atoms with Crippen molar-refractivity contribution in [2.45, 2.75) is 19.4 Å². The lowest BCUT2D eigenvalue weighted by atomic mass is 9.94. The molecule has 8 nitrogen and oxygen atoms in total. The van der Waals surface area contributed by atoms with Crippen LogP contribution in [0.15, 0.2) is 72.3 Å². The van der Waals surface area contributed by atoms with E-state index in [4.69, 9.17) is 25.8 Å². The number of anilines is 1. The molecule has 4 rings (SSSR count). The van der Waals surface area contributed by atoms with Gasteiger partial charge in [0.25, 0.3) is 11.7 Å². The van der Waals surface area contributed by atoms with E-state index < -0.39 is 23.5 Å². The van der Waals surface area contributed by atoms with Crippen LogP contribution in [0.5, 0.6) is 11.5 Å². The van der Waals surface area contributed by atoms with Crippen LogP contribution in [0, 0.1) is 0 Å². The Balaban J connectivity index is 1.85. The Kier molecular flexibility index (Phi) is 8.02. The van der Waals surface area contributed by atoms with Crippen LogP contribution < -0.4 is 14.4 Å². The molecular formula is C29H26ClNO7. The van der Waals surface area contributed by atoms with Crippen LogP contribution in [-0.4, -0.2) is 43.6 Å². The van der Waals surface area contributed by atoms with Crippen molar-refractivity contribution >= 4 is 40.7 Å². The summed E-state index contributed by atoms with van der Waals surface area (Å²) >= 11 is 6.31. The van der Waals surface area contributed by atoms with Crippen LogP contribution in [-0.2, 0) is 25.5 Å². The second-order valence-corrected chi connectivity index (χ2v) is 8.82. The maximum absolute atomic E-state index is 13.4. The van der Waals surface area contributed by atoms with Crippen molar-refractivity contribution in [3.05, 3.63) is 94.0 Å². The van der Waals surface area contributed by atoms with Crippen molar-refractivity contribution in [3.8, 4) is 11.5 Å². The molecule has 1 atom stereocenters. The number of esters is 1. The van der Waals surface area contributed by atoms with E-state index in [-0.39, 0.29) is 40.9 Å². The molecule has 1 N–H and O–H groups in total. The monoisotopic (exact) mass is 535 g/mol. The van der Waals surface area contributed by atoms with Crippen molar-refractivity contribution in [1.29, 1.82) is 0 Å². The van der Waals surface area contributed by atoms with Crippen LogP contribution >= 0.6 is 11.6 Å². The van der Waals surface area contributed by atoms with E-state index in [0.717, 1.165) is 0 Å². The number of methoxy groups -OCH3 is 2. The number of nitrogens with zero attached hydrogens (tertiary/aromatic N) is 1. The van der Waals surface area contributed by atoms with E-state index in [9.17, 15) is 19.5 Å². The first-order chi connectivity index (χ1) is 18.3. The topological polar surface area (TPSA) is 102 Å². The maximum atomic E-state index is 13.4. The molecule has 1 heterocycles. The van der Waals surface area contributed by atoms with Gasteiger partial charge in [0.1, 0.15) is 17.3 Å². The lowest BCUT2D eigenvalue weighted by Gasteiger charge is -2.25. The first-order valence-electron chi connectivity index (χ1n) is 11.8. The SMILES string of the molecule is CCOC(=O)Cc1ccc(N2C(=O)C(=O)/C(=C(/O)c3cc(Cl)c(OC)cc3OC)C2c2ccccc2)cc1. The molecule has 3 aromatic carbocycles. The van der Waals surface area contributed by atoms with Gasteiger partial charge in [0.15, 0.2) is 0 Å². The number of rotatable bonds is 8. The molecule has 0 spiro atoms. The highest BCUT2D eigenvalue weighted by Gasteiger charge is 2.47. The van der Waals surface area contributed by atoms with E-state index in [1.54, 1.807) is 55.5 Å². The smallest absolute Gasteiger partial charge is 0.310 e. The third-order valence-corrected chi connectivity index (χ3v) is 6.45. The summed E-state index contributed by atoms with van der Waals surface area (Å²) in [6, 6.07) is 17.6. The number of carbonyl (C=O) groups excluding carboxylic acids is 3. The minimum absolute atomic E-state index is 0.0765. The van der Waals surface area contributed by atoms with Gasteiger partial charge in [-0.3, -0.25) is 19.3 Å². The fourth-order valence-electron chi connectivity index (χ4n) is 4.39. The summed E-state index contributed by atoms with van der Waals surface area (Å²) in [5.74, 6) is -1.93. The van der Waals surface area contributed by atoms with Crippen LogP contribution in [0.1, 0.15) is 29.7 Å². The molecule has 0 saturated carbocycles. The Morgan fingerprint density at radius 3 is 2.24 bits per heavy atom. The van der Waals surface area contributed by atoms with E-state index in [1.807, 2.05) is 6.07 Å². The molecule has 1 aliphatic rings. The van der Waals surface area contributed by atoms with Gasteiger partial charge in [0.2, 0.25) is 0 Å². The number of Topliss-reactive ketones (excluding diaryl/α,β-unsaturated/α-hetero) is 1. The van der Waals surface area contributed by atoms with Crippen LogP contribution in [0.3, 0.4) is 0 Å². The Hall–Kier alpha value is -4.30. The fraction of sp³-hybridized carbons (Fsp3) is 0.207. The Morgan fingerprint density at radius 1 is 0.974 bits per heavy atom. The summed E-state index contributed by atoms with van der Waals surface area (Å²) < 4.78 is 15.6. The number of hydrogen-bond acceptors (Lipinski definition) is 7. The molecule has 0 bridgehead atoms. The maximum Gasteiger partial charge on any atom is 0.310 e. The number of ketones is 1. The summed E-state index contributed by atoms with van der Waals surface area (Å²) in [6.45, 7) is 2.01. The van der Waals surface area contributed by atoms with Crippen molar-refractivity contribution in [3.63, 3.8) is 0 Å². The number of ether oxygens (including phenoxy) is 3. The van der Waals surface area contributed by atoms with Crippen LogP contribution in [0.4, 0.5) is 5.69 Å². The molecule has 38 heavy (non-hydrogen) atoms. The highest BCUT2D eigenvalue weighted by Crippen LogP contribution is 2.44. The summed E-state index contributed by atoms with van der Waals surface area (Å²) in [7, 11) is 2.85. The van der Waals surface area contributed by atoms with Crippen LogP contribution in [0.25, 0.3) is 5.76 Å². The van der Waals surface area contributed by atoms with E-state index in [1.165, 1.54) is 31.3 Å². The molecule has 9 heteroatoms. The van der Waals surface area contributed by atoms with Gasteiger partial charge in [0.05, 0.1) is 49.4 Å². The van der Waals surface area contributed by atoms with Gasteiger partial charge in [-0.2, -0.15) is 0 Å². The number of benzene rings is 3. The van der Waals surface area contributed by atoms with Gasteiger partial charge in [-0.15, -0.1) is 0 Å². The second-order valence-electron chi connectivity index (χ2n) is 8.42. The third kappa shape index (κ3) is 5.08. The predicted octanol–water partition coefficient (Wildman–Crippen LogP) is 5.09. The molecule has 3 aromatic rings. The lowest BCUT2D eigenvalue weighted by Crippen LogP contribution is -2.29. The predicted molar refractivity (Wildman–Crippen MR) is 143 cm³/mol. The third-order valence-electron chi connectivity index (χ3n) is 6.16. The van der Waals surface area contributed by atoms with Crippen molar-refractivity contribution in [1.82, 2.24) is 0 Å². The molecule has 1 fully saturated rings. The molecule has 1 saturated heterocycles. The molecule has 1 amide bonds. The minimum atomic E-state index is -0.933. The lowest BCUT2D eigenvalue weighted by molar-refractivity contribution is -0.142. The molecule has 0 aliphatic carbocycles. The summed E-state index contributed by atoms with van der Waals surface area (Å²) in [5.41, 5.74) is 1.76. The number of halogens is 1. The van der Waals surface area contributed by atoms with Gasteiger partial charge >= 0.3 is 5.97 Å². The van der Waals surface area contributed by atoms with Crippen LogP contribution in [0.2, 0.25) is 5.02 Å². The zero-order valence-corrected chi connectivity index (χ0v) is 21.8. The van der Waals surface area contributed by atoms with Crippen molar-refractivity contribution in [2.24, 2.45) is 0 Å². The second kappa shape index (κ2) is 11.4. The Bertz CT molecular complexity index is 1400. The van der Waals surface area contributed by atoms with Gasteiger partial charge < -0.3 is 19.3 Å². The number of aliphatic hydroxyl groups is 1. The fourth-order valence-corrected chi connectivity index (χ4v) is 4.63. The number of amides is 1. The van der Waals surface area contributed by atoms with E-state index in [0.29, 0.717) is 22.6 Å². The number of hydrogen-bond donors (Lipinski definition) is 1. The highest BCUT2D eigenvalue weighted by atomic mass is 35.5. The summed E-state index contributed by atoms with van der Waals surface area (Å²) in [6.07, 6.45) is 0.0765. The summed E-state index contributed by atoms with van der Waals surface area (Å²) in [4.78, 5) is 40.0. The Morgan fingerprint density at radius 2 is 1.63 bits per heavy atom. The largest absolute Gasteiger partial charge is 0.507 e. The average Bonchev–Trinajstić information content (AvgIpc) is 3.19. The normalized spacial score (nSPS) is 16.4. The van der Waals surface area contributed by atoms with Gasteiger partial charge in [-0.1, -0.05) is 54.1 Å². The number of aliphatic hydroxyl groups excluding tert-OH is 1. The zero-order valence-electron chi connectivity index (χ0n) is 21.1. The molecule has 196 valence electrons. The first-order valence-corrected chi connectivity index (χ1v) is 12.2. The van der Waals surface area contributed by atoms with Gasteiger partial charge in [-0.25, -0.2) is 0 Å². The molecule has 1 aliphatic heterocycles. The molecule has 0 aromatic heterocycles. The highest BCUT2D eigenvalue weighted by molar-refractivity contribution is 6.51. The molecular weight excluding hydrogens is 510 g/mol.